The summed E-state index contributed by atoms with van der Waals surface area (Å²) < 4.78 is 25.6. The summed E-state index contributed by atoms with van der Waals surface area (Å²) >= 11 is 1.66. The molecular formula is C10H17NO2S2. The lowest BCUT2D eigenvalue weighted by atomic mass is 10.2. The normalized spacial score (nSPS) is 14.0. The molecule has 0 radical (unpaired) electrons. The van der Waals surface area contributed by atoms with E-state index in [1.807, 2.05) is 31.4 Å². The smallest absolute Gasteiger partial charge is 0.211 e. The Balaban J connectivity index is 2.46. The number of hydrogen-bond acceptors (Lipinski definition) is 3. The fraction of sp³-hybridized carbons (Fsp3) is 0.600. The van der Waals surface area contributed by atoms with Crippen molar-refractivity contribution in [3.8, 4) is 0 Å². The van der Waals surface area contributed by atoms with Gasteiger partial charge in [0.25, 0.3) is 0 Å². The van der Waals surface area contributed by atoms with Crippen LogP contribution in [0, 0.1) is 0 Å². The van der Waals surface area contributed by atoms with E-state index < -0.39 is 10.0 Å². The van der Waals surface area contributed by atoms with E-state index >= 15 is 0 Å². The molecule has 0 spiro atoms. The Bertz CT molecular complexity index is 370. The Morgan fingerprint density at radius 2 is 2.27 bits per heavy atom. The van der Waals surface area contributed by atoms with Gasteiger partial charge in [-0.05, 0) is 31.2 Å². The minimum Gasteiger partial charge on any atom is -0.212 e. The molecule has 1 rings (SSSR count). The largest absolute Gasteiger partial charge is 0.212 e. The van der Waals surface area contributed by atoms with Crippen molar-refractivity contribution in [3.05, 3.63) is 22.4 Å². The van der Waals surface area contributed by atoms with Crippen LogP contribution in [0.3, 0.4) is 0 Å². The van der Waals surface area contributed by atoms with Gasteiger partial charge < -0.3 is 0 Å². The molecule has 1 N–H and O–H groups in total. The van der Waals surface area contributed by atoms with Crippen LogP contribution in [0.2, 0.25) is 0 Å². The van der Waals surface area contributed by atoms with Crippen LogP contribution in [0.15, 0.2) is 17.5 Å². The summed E-state index contributed by atoms with van der Waals surface area (Å²) in [4.78, 5) is 1.21. The predicted molar refractivity (Wildman–Crippen MR) is 64.7 cm³/mol. The molecule has 0 saturated heterocycles. The maximum absolute atomic E-state index is 11.5. The molecule has 3 nitrogen and oxygen atoms in total. The molecule has 0 bridgehead atoms. The molecule has 0 aliphatic rings. The van der Waals surface area contributed by atoms with E-state index in [2.05, 4.69) is 4.72 Å². The third-order valence-electron chi connectivity index (χ3n) is 1.94. The molecule has 0 fully saturated rings. The first-order chi connectivity index (χ1) is 7.03. The highest BCUT2D eigenvalue weighted by Crippen LogP contribution is 2.11. The lowest BCUT2D eigenvalue weighted by molar-refractivity contribution is 0.559. The molecule has 0 aliphatic heterocycles. The van der Waals surface area contributed by atoms with E-state index in [0.29, 0.717) is 6.42 Å². The van der Waals surface area contributed by atoms with Crippen LogP contribution in [-0.4, -0.2) is 20.2 Å². The summed E-state index contributed by atoms with van der Waals surface area (Å²) in [7, 11) is -3.08. The first-order valence-electron chi connectivity index (χ1n) is 5.06. The van der Waals surface area contributed by atoms with Crippen LogP contribution in [-0.2, 0) is 16.4 Å². The zero-order valence-electron chi connectivity index (χ0n) is 9.06. The van der Waals surface area contributed by atoms with Crippen LogP contribution in [0.5, 0.6) is 0 Å². The highest BCUT2D eigenvalue weighted by atomic mass is 32.2. The van der Waals surface area contributed by atoms with Crippen LogP contribution >= 0.6 is 11.3 Å². The Labute approximate surface area is 95.6 Å². The van der Waals surface area contributed by atoms with Crippen molar-refractivity contribution in [2.45, 2.75) is 32.7 Å². The Kier molecular flexibility index (Phi) is 4.76. The summed E-state index contributed by atoms with van der Waals surface area (Å²) in [6, 6.07) is 3.97. The van der Waals surface area contributed by atoms with Crippen molar-refractivity contribution >= 4 is 21.4 Å². The number of rotatable bonds is 6. The van der Waals surface area contributed by atoms with Gasteiger partial charge in [0.05, 0.1) is 5.75 Å². The molecule has 1 unspecified atom stereocenters. The second-order valence-electron chi connectivity index (χ2n) is 3.62. The van der Waals surface area contributed by atoms with Crippen LogP contribution in [0.1, 0.15) is 25.1 Å². The third kappa shape index (κ3) is 4.77. The number of thiophene rings is 1. The number of hydrogen-bond donors (Lipinski definition) is 1. The summed E-state index contributed by atoms with van der Waals surface area (Å²) in [5.41, 5.74) is 0. The van der Waals surface area contributed by atoms with Crippen LogP contribution in [0.4, 0.5) is 0 Å². The second-order valence-corrected chi connectivity index (χ2v) is 6.53. The summed E-state index contributed by atoms with van der Waals surface area (Å²) in [5, 5.41) is 2.00. The second kappa shape index (κ2) is 5.63. The molecule has 1 atom stereocenters. The molecule has 1 aromatic rings. The summed E-state index contributed by atoms with van der Waals surface area (Å²) in [6.45, 7) is 3.76. The Hall–Kier alpha value is -0.390. The van der Waals surface area contributed by atoms with Gasteiger partial charge in [-0.2, -0.15) is 0 Å². The van der Waals surface area contributed by atoms with Crippen molar-refractivity contribution in [2.75, 3.05) is 5.75 Å². The number of nitrogens with one attached hydrogen (secondary N) is 1. The van der Waals surface area contributed by atoms with E-state index in [9.17, 15) is 8.42 Å². The van der Waals surface area contributed by atoms with E-state index in [-0.39, 0.29) is 11.8 Å². The van der Waals surface area contributed by atoms with Gasteiger partial charge in [0.2, 0.25) is 10.0 Å². The van der Waals surface area contributed by atoms with Gasteiger partial charge in [-0.1, -0.05) is 13.0 Å². The Morgan fingerprint density at radius 1 is 1.53 bits per heavy atom. The highest BCUT2D eigenvalue weighted by molar-refractivity contribution is 7.89. The first kappa shape index (κ1) is 12.7. The van der Waals surface area contributed by atoms with Crippen molar-refractivity contribution in [1.29, 1.82) is 0 Å². The molecule has 0 amide bonds. The molecule has 5 heteroatoms. The predicted octanol–water partition coefficient (Wildman–Crippen LogP) is 2.01. The van der Waals surface area contributed by atoms with Crippen molar-refractivity contribution < 1.29 is 8.42 Å². The van der Waals surface area contributed by atoms with Gasteiger partial charge in [0.15, 0.2) is 0 Å². The van der Waals surface area contributed by atoms with Gasteiger partial charge in [-0.25, -0.2) is 13.1 Å². The minimum absolute atomic E-state index is 0.0276. The van der Waals surface area contributed by atoms with Gasteiger partial charge in [0.1, 0.15) is 0 Å². The summed E-state index contributed by atoms with van der Waals surface area (Å²) in [5.74, 6) is 0.210. The monoisotopic (exact) mass is 247 g/mol. The van der Waals surface area contributed by atoms with Crippen molar-refractivity contribution in [3.63, 3.8) is 0 Å². The molecule has 1 heterocycles. The quantitative estimate of drug-likeness (QED) is 0.836. The summed E-state index contributed by atoms with van der Waals surface area (Å²) in [6.07, 6.45) is 1.42. The van der Waals surface area contributed by atoms with Crippen molar-refractivity contribution in [1.82, 2.24) is 4.72 Å². The van der Waals surface area contributed by atoms with Gasteiger partial charge in [-0.3, -0.25) is 0 Å². The van der Waals surface area contributed by atoms with Gasteiger partial charge in [0, 0.05) is 10.9 Å². The molecule has 1 aromatic heterocycles. The molecule has 0 saturated carbocycles. The van der Waals surface area contributed by atoms with E-state index in [1.54, 1.807) is 11.3 Å². The number of sulfonamides is 1. The topological polar surface area (TPSA) is 46.2 Å². The Morgan fingerprint density at radius 3 is 2.80 bits per heavy atom. The molecule has 0 aromatic carbocycles. The van der Waals surface area contributed by atoms with Crippen LogP contribution in [0.25, 0.3) is 0 Å². The third-order valence-corrected chi connectivity index (χ3v) is 4.55. The van der Waals surface area contributed by atoms with Crippen molar-refractivity contribution in [2.24, 2.45) is 0 Å². The van der Waals surface area contributed by atoms with E-state index in [4.69, 9.17) is 0 Å². The average Bonchev–Trinajstić information content (AvgIpc) is 2.54. The molecule has 86 valence electrons. The fourth-order valence-electron chi connectivity index (χ4n) is 1.41. The zero-order valence-corrected chi connectivity index (χ0v) is 10.7. The standard InChI is InChI=1S/C10H17NO2S2/c1-3-7-15(12,13)11-9(2)8-10-5-4-6-14-10/h4-6,9,11H,3,7-8H2,1-2H3. The molecule has 0 aliphatic carbocycles. The minimum atomic E-state index is -3.08. The lowest BCUT2D eigenvalue weighted by Gasteiger charge is -2.12. The average molecular weight is 247 g/mol. The maximum atomic E-state index is 11.5. The molecular weight excluding hydrogens is 230 g/mol. The van der Waals surface area contributed by atoms with Crippen LogP contribution < -0.4 is 4.72 Å². The fourth-order valence-corrected chi connectivity index (χ4v) is 3.59. The highest BCUT2D eigenvalue weighted by Gasteiger charge is 2.13. The zero-order chi connectivity index (χ0) is 11.3. The van der Waals surface area contributed by atoms with E-state index in [0.717, 1.165) is 6.42 Å². The molecule has 15 heavy (non-hydrogen) atoms. The van der Waals surface area contributed by atoms with E-state index in [1.165, 1.54) is 4.88 Å². The lowest BCUT2D eigenvalue weighted by Crippen LogP contribution is -2.35. The van der Waals surface area contributed by atoms with Gasteiger partial charge in [-0.15, -0.1) is 11.3 Å². The first-order valence-corrected chi connectivity index (χ1v) is 7.59. The maximum Gasteiger partial charge on any atom is 0.211 e. The SMILES string of the molecule is CCCS(=O)(=O)NC(C)Cc1cccs1. The van der Waals surface area contributed by atoms with Gasteiger partial charge >= 0.3 is 0 Å².